The lowest BCUT2D eigenvalue weighted by Crippen LogP contribution is -2.26. The van der Waals surface area contributed by atoms with E-state index in [0.717, 1.165) is 23.2 Å². The van der Waals surface area contributed by atoms with E-state index in [1.165, 1.54) is 11.3 Å². The lowest BCUT2D eigenvalue weighted by atomic mass is 9.78. The van der Waals surface area contributed by atoms with E-state index in [1.807, 2.05) is 66.7 Å². The Balaban J connectivity index is 1.65. The van der Waals surface area contributed by atoms with E-state index < -0.39 is 0 Å². The van der Waals surface area contributed by atoms with Crippen molar-refractivity contribution in [3.05, 3.63) is 82.4 Å². The molecular formula is C24H22N2O2S. The summed E-state index contributed by atoms with van der Waals surface area (Å²) < 4.78 is 0. The number of rotatable bonds is 4. The summed E-state index contributed by atoms with van der Waals surface area (Å²) in [5.74, 6) is -0.129. The van der Waals surface area contributed by atoms with Gasteiger partial charge >= 0.3 is 0 Å². The van der Waals surface area contributed by atoms with E-state index >= 15 is 0 Å². The molecule has 1 heterocycles. The molecule has 0 aliphatic heterocycles. The van der Waals surface area contributed by atoms with Gasteiger partial charge in [-0.1, -0.05) is 85.8 Å². The van der Waals surface area contributed by atoms with Gasteiger partial charge in [-0.3, -0.25) is 14.9 Å². The fourth-order valence-electron chi connectivity index (χ4n) is 3.55. The highest BCUT2D eigenvalue weighted by molar-refractivity contribution is 7.17. The standard InChI is InChI=1S/C24H22N2O2S/c1-24(2)14-19-21(20(27)15-24)29-23(25-19)26-22(28)18(17-11-7-4-8-12-17)13-16-9-5-3-6-10-16/h3-13H,14-15H2,1-2H3,(H,25,26,28)/b18-13-. The van der Waals surface area contributed by atoms with Gasteiger partial charge in [0.2, 0.25) is 0 Å². The SMILES string of the molecule is CC1(C)CC(=O)c2sc(NC(=O)/C(=C\c3ccccc3)c3ccccc3)nc2C1. The van der Waals surface area contributed by atoms with E-state index in [2.05, 4.69) is 24.1 Å². The summed E-state index contributed by atoms with van der Waals surface area (Å²) in [4.78, 5) is 30.8. The van der Waals surface area contributed by atoms with E-state index in [0.29, 0.717) is 22.0 Å². The lowest BCUT2D eigenvalue weighted by Gasteiger charge is -2.26. The Kier molecular flexibility index (Phi) is 5.16. The minimum atomic E-state index is -0.238. The molecule has 1 aromatic heterocycles. The topological polar surface area (TPSA) is 59.1 Å². The minimum absolute atomic E-state index is 0.0954. The van der Waals surface area contributed by atoms with Crippen LogP contribution in [-0.2, 0) is 11.2 Å². The maximum absolute atomic E-state index is 13.1. The molecule has 4 rings (SSSR count). The Bertz CT molecular complexity index is 1080. The molecule has 29 heavy (non-hydrogen) atoms. The second-order valence-corrected chi connectivity index (χ2v) is 9.02. The second-order valence-electron chi connectivity index (χ2n) is 8.02. The quantitative estimate of drug-likeness (QED) is 0.464. The summed E-state index contributed by atoms with van der Waals surface area (Å²) in [6, 6.07) is 19.3. The fraction of sp³-hybridized carbons (Fsp3) is 0.208. The Hall–Kier alpha value is -3.05. The summed E-state index contributed by atoms with van der Waals surface area (Å²) in [5, 5.41) is 3.39. The van der Waals surface area contributed by atoms with Crippen molar-refractivity contribution >= 4 is 39.8 Å². The molecule has 1 aliphatic carbocycles. The normalized spacial score (nSPS) is 15.7. The molecular weight excluding hydrogens is 380 g/mol. The zero-order valence-electron chi connectivity index (χ0n) is 16.4. The maximum Gasteiger partial charge on any atom is 0.258 e. The molecule has 0 bridgehead atoms. The number of carbonyl (C=O) groups is 2. The van der Waals surface area contributed by atoms with Crippen LogP contribution in [0.15, 0.2) is 60.7 Å². The van der Waals surface area contributed by atoms with Crippen molar-refractivity contribution in [2.75, 3.05) is 5.32 Å². The number of hydrogen-bond acceptors (Lipinski definition) is 4. The Morgan fingerprint density at radius 1 is 1.03 bits per heavy atom. The molecule has 0 radical (unpaired) electrons. The predicted molar refractivity (Wildman–Crippen MR) is 118 cm³/mol. The van der Waals surface area contributed by atoms with Crippen LogP contribution in [0.1, 0.15) is 46.8 Å². The number of benzene rings is 2. The summed E-state index contributed by atoms with van der Waals surface area (Å²) in [6.07, 6.45) is 3.12. The van der Waals surface area contributed by atoms with E-state index in [-0.39, 0.29) is 17.1 Å². The first-order valence-corrected chi connectivity index (χ1v) is 10.4. The van der Waals surface area contributed by atoms with Crippen molar-refractivity contribution in [2.24, 2.45) is 5.41 Å². The Morgan fingerprint density at radius 2 is 1.69 bits per heavy atom. The van der Waals surface area contributed by atoms with Crippen LogP contribution in [0.3, 0.4) is 0 Å². The first-order chi connectivity index (χ1) is 13.9. The van der Waals surface area contributed by atoms with Crippen LogP contribution < -0.4 is 5.32 Å². The Labute approximate surface area is 174 Å². The lowest BCUT2D eigenvalue weighted by molar-refractivity contribution is -0.111. The highest BCUT2D eigenvalue weighted by Crippen LogP contribution is 2.38. The molecule has 1 aliphatic rings. The monoisotopic (exact) mass is 402 g/mol. The van der Waals surface area contributed by atoms with Gasteiger partial charge in [-0.05, 0) is 29.0 Å². The van der Waals surface area contributed by atoms with Gasteiger partial charge in [-0.15, -0.1) is 0 Å². The molecule has 0 atom stereocenters. The van der Waals surface area contributed by atoms with Crippen molar-refractivity contribution in [1.29, 1.82) is 0 Å². The molecule has 5 heteroatoms. The van der Waals surface area contributed by atoms with Crippen LogP contribution in [-0.4, -0.2) is 16.7 Å². The van der Waals surface area contributed by atoms with Gasteiger partial charge in [0.05, 0.1) is 10.6 Å². The summed E-state index contributed by atoms with van der Waals surface area (Å²) in [5.41, 5.74) is 3.02. The number of Topliss-reactive ketones (excluding diaryl/α,β-unsaturated/α-hetero) is 1. The van der Waals surface area contributed by atoms with E-state index in [9.17, 15) is 9.59 Å². The molecule has 0 saturated carbocycles. The molecule has 0 fully saturated rings. The highest BCUT2D eigenvalue weighted by Gasteiger charge is 2.34. The van der Waals surface area contributed by atoms with E-state index in [4.69, 9.17) is 0 Å². The van der Waals surface area contributed by atoms with Crippen molar-refractivity contribution in [2.45, 2.75) is 26.7 Å². The van der Waals surface area contributed by atoms with Crippen LogP contribution in [0.25, 0.3) is 11.6 Å². The zero-order valence-corrected chi connectivity index (χ0v) is 17.3. The molecule has 1 amide bonds. The third-order valence-corrected chi connectivity index (χ3v) is 5.95. The van der Waals surface area contributed by atoms with Crippen LogP contribution in [0.5, 0.6) is 0 Å². The van der Waals surface area contributed by atoms with Gasteiger partial charge in [-0.25, -0.2) is 4.98 Å². The third-order valence-electron chi connectivity index (χ3n) is 4.90. The van der Waals surface area contributed by atoms with Crippen LogP contribution >= 0.6 is 11.3 Å². The van der Waals surface area contributed by atoms with Gasteiger partial charge in [0.1, 0.15) is 0 Å². The third kappa shape index (κ3) is 4.35. The van der Waals surface area contributed by atoms with Gasteiger partial charge in [0.15, 0.2) is 10.9 Å². The van der Waals surface area contributed by atoms with Crippen molar-refractivity contribution in [1.82, 2.24) is 4.98 Å². The number of anilines is 1. The summed E-state index contributed by atoms with van der Waals surface area (Å²) >= 11 is 1.27. The first kappa shape index (κ1) is 19.3. The number of nitrogens with zero attached hydrogens (tertiary/aromatic N) is 1. The largest absolute Gasteiger partial charge is 0.298 e. The Morgan fingerprint density at radius 3 is 2.38 bits per heavy atom. The molecule has 3 aromatic rings. The molecule has 0 saturated heterocycles. The molecule has 4 nitrogen and oxygen atoms in total. The highest BCUT2D eigenvalue weighted by atomic mass is 32.1. The average molecular weight is 403 g/mol. The number of aromatic nitrogens is 1. The van der Waals surface area contributed by atoms with Gasteiger partial charge in [0.25, 0.3) is 5.91 Å². The van der Waals surface area contributed by atoms with Gasteiger partial charge in [-0.2, -0.15) is 0 Å². The summed E-state index contributed by atoms with van der Waals surface area (Å²) in [6.45, 7) is 4.14. The van der Waals surface area contributed by atoms with Crippen LogP contribution in [0, 0.1) is 5.41 Å². The molecule has 1 N–H and O–H groups in total. The first-order valence-electron chi connectivity index (χ1n) is 9.58. The summed E-state index contributed by atoms with van der Waals surface area (Å²) in [7, 11) is 0. The van der Waals surface area contributed by atoms with Crippen molar-refractivity contribution < 1.29 is 9.59 Å². The molecule has 0 unspecified atom stereocenters. The number of amides is 1. The smallest absolute Gasteiger partial charge is 0.258 e. The van der Waals surface area contributed by atoms with Crippen molar-refractivity contribution in [3.63, 3.8) is 0 Å². The molecule has 0 spiro atoms. The van der Waals surface area contributed by atoms with Crippen LogP contribution in [0.4, 0.5) is 5.13 Å². The van der Waals surface area contributed by atoms with E-state index in [1.54, 1.807) is 0 Å². The zero-order chi connectivity index (χ0) is 20.4. The average Bonchev–Trinajstić information content (AvgIpc) is 3.09. The number of carbonyl (C=O) groups excluding carboxylic acids is 2. The van der Waals surface area contributed by atoms with Crippen LogP contribution in [0.2, 0.25) is 0 Å². The molecule has 146 valence electrons. The fourth-order valence-corrected chi connectivity index (χ4v) is 4.47. The number of fused-ring (bicyclic) bond motifs is 1. The van der Waals surface area contributed by atoms with Gasteiger partial charge < -0.3 is 0 Å². The second kappa shape index (κ2) is 7.76. The minimum Gasteiger partial charge on any atom is -0.298 e. The van der Waals surface area contributed by atoms with Crippen molar-refractivity contribution in [3.8, 4) is 0 Å². The maximum atomic E-state index is 13.1. The predicted octanol–water partition coefficient (Wildman–Crippen LogP) is 5.48. The number of nitrogens with one attached hydrogen (secondary N) is 1. The van der Waals surface area contributed by atoms with Gasteiger partial charge in [0, 0.05) is 12.0 Å². The number of hydrogen-bond donors (Lipinski definition) is 1. The number of ketones is 1. The molecule has 2 aromatic carbocycles. The number of thiazole rings is 1.